The smallest absolute Gasteiger partial charge is 0.416 e. The molecule has 0 aliphatic heterocycles. The minimum absolute atomic E-state index is 0.0159. The summed E-state index contributed by atoms with van der Waals surface area (Å²) in [6.45, 7) is 2.75. The minimum atomic E-state index is -4.42. The number of ether oxygens (including phenoxy) is 2. The van der Waals surface area contributed by atoms with Crippen LogP contribution in [0.2, 0.25) is 0 Å². The van der Waals surface area contributed by atoms with Crippen molar-refractivity contribution >= 4 is 15.8 Å². The largest absolute Gasteiger partial charge is 0.489 e. The van der Waals surface area contributed by atoms with Gasteiger partial charge in [-0.3, -0.25) is 0 Å². The molecule has 0 aromatic heterocycles. The average molecular weight is 494 g/mol. The molecule has 0 fully saturated rings. The second-order valence-electron chi connectivity index (χ2n) is 7.52. The Kier molecular flexibility index (Phi) is 7.21. The molecule has 0 atom stereocenters. The maximum atomic E-state index is 13.1. The van der Waals surface area contributed by atoms with Crippen molar-refractivity contribution in [1.29, 1.82) is 0 Å². The number of hydrogen-bond donors (Lipinski definition) is 1. The van der Waals surface area contributed by atoms with Gasteiger partial charge in [0.1, 0.15) is 18.1 Å². The average Bonchev–Trinajstić information content (AvgIpc) is 2.77. The molecule has 0 unspecified atom stereocenters. The number of rotatable bonds is 8. The Morgan fingerprint density at radius 2 is 1.35 bits per heavy atom. The fraction of sp³-hybridized carbons (Fsp3) is 0.208. The van der Waals surface area contributed by atoms with Crippen LogP contribution in [0.15, 0.2) is 70.5 Å². The first-order valence-electron chi connectivity index (χ1n) is 9.98. The number of halogens is 3. The summed E-state index contributed by atoms with van der Waals surface area (Å²) >= 11 is 0. The number of aryl methyl sites for hydroxylation is 2. The van der Waals surface area contributed by atoms with Gasteiger partial charge in [-0.1, -0.05) is 12.1 Å². The highest BCUT2D eigenvalue weighted by atomic mass is 32.2. The van der Waals surface area contributed by atoms with E-state index in [-0.39, 0.29) is 22.1 Å². The molecule has 3 aromatic carbocycles. The van der Waals surface area contributed by atoms with Crippen molar-refractivity contribution in [1.82, 2.24) is 0 Å². The lowest BCUT2D eigenvalue weighted by atomic mass is 10.1. The van der Waals surface area contributed by atoms with Gasteiger partial charge in [0.15, 0.2) is 6.61 Å². The Hall–Kier alpha value is -3.53. The number of aliphatic carboxylic acids is 1. The molecule has 0 bridgehead atoms. The van der Waals surface area contributed by atoms with Crippen molar-refractivity contribution in [2.24, 2.45) is 0 Å². The van der Waals surface area contributed by atoms with E-state index in [1.54, 1.807) is 13.8 Å². The molecule has 180 valence electrons. The summed E-state index contributed by atoms with van der Waals surface area (Å²) in [7, 11) is -3.87. The van der Waals surface area contributed by atoms with Gasteiger partial charge in [0.25, 0.3) is 0 Å². The highest BCUT2D eigenvalue weighted by Crippen LogP contribution is 2.31. The summed E-state index contributed by atoms with van der Waals surface area (Å²) in [5.74, 6) is -0.482. The molecule has 0 amide bonds. The third-order valence-corrected chi connectivity index (χ3v) is 6.69. The van der Waals surface area contributed by atoms with E-state index < -0.39 is 34.2 Å². The summed E-state index contributed by atoms with van der Waals surface area (Å²) in [5.41, 5.74) is 0.783. The van der Waals surface area contributed by atoms with Crippen molar-refractivity contribution in [3.63, 3.8) is 0 Å². The molecule has 3 rings (SSSR count). The first-order chi connectivity index (χ1) is 15.9. The molecule has 0 heterocycles. The molecule has 1 N–H and O–H groups in total. The Bertz CT molecular complexity index is 1300. The van der Waals surface area contributed by atoms with Crippen molar-refractivity contribution in [2.75, 3.05) is 6.61 Å². The van der Waals surface area contributed by atoms with Crippen LogP contribution in [0.1, 0.15) is 22.3 Å². The number of benzene rings is 3. The van der Waals surface area contributed by atoms with Gasteiger partial charge in [-0.2, -0.15) is 13.2 Å². The van der Waals surface area contributed by atoms with Gasteiger partial charge in [0.2, 0.25) is 9.84 Å². The van der Waals surface area contributed by atoms with Crippen molar-refractivity contribution in [3.8, 4) is 11.5 Å². The maximum Gasteiger partial charge on any atom is 0.416 e. The van der Waals surface area contributed by atoms with E-state index >= 15 is 0 Å². The van der Waals surface area contributed by atoms with Gasteiger partial charge in [-0.05, 0) is 79.1 Å². The third kappa shape index (κ3) is 5.88. The minimum Gasteiger partial charge on any atom is -0.489 e. The Labute approximate surface area is 194 Å². The molecule has 0 saturated heterocycles. The summed E-state index contributed by atoms with van der Waals surface area (Å²) in [6.07, 6.45) is -4.42. The molecular weight excluding hydrogens is 473 g/mol. The summed E-state index contributed by atoms with van der Waals surface area (Å²) in [4.78, 5) is 10.7. The van der Waals surface area contributed by atoms with Gasteiger partial charge in [0.05, 0.1) is 15.4 Å². The second-order valence-corrected chi connectivity index (χ2v) is 9.47. The van der Waals surface area contributed by atoms with Crippen LogP contribution >= 0.6 is 0 Å². The van der Waals surface area contributed by atoms with Gasteiger partial charge < -0.3 is 14.6 Å². The van der Waals surface area contributed by atoms with Gasteiger partial charge in [-0.25, -0.2) is 13.2 Å². The van der Waals surface area contributed by atoms with Crippen LogP contribution in [-0.4, -0.2) is 26.1 Å². The number of carboxylic acid groups (broad SMARTS) is 1. The van der Waals surface area contributed by atoms with E-state index in [0.29, 0.717) is 22.4 Å². The van der Waals surface area contributed by atoms with Crippen LogP contribution in [-0.2, 0) is 27.4 Å². The zero-order valence-corrected chi connectivity index (χ0v) is 19.0. The first-order valence-corrected chi connectivity index (χ1v) is 11.5. The maximum absolute atomic E-state index is 13.1. The van der Waals surface area contributed by atoms with Crippen LogP contribution in [0.5, 0.6) is 11.5 Å². The van der Waals surface area contributed by atoms with Crippen LogP contribution < -0.4 is 9.47 Å². The monoisotopic (exact) mass is 494 g/mol. The zero-order chi connectivity index (χ0) is 25.1. The van der Waals surface area contributed by atoms with E-state index in [2.05, 4.69) is 0 Å². The lowest BCUT2D eigenvalue weighted by Gasteiger charge is -2.13. The third-order valence-electron chi connectivity index (χ3n) is 4.94. The van der Waals surface area contributed by atoms with E-state index in [9.17, 15) is 26.4 Å². The Morgan fingerprint density at radius 3 is 1.79 bits per heavy atom. The van der Waals surface area contributed by atoms with Gasteiger partial charge in [-0.15, -0.1) is 0 Å². The van der Waals surface area contributed by atoms with Gasteiger partial charge in [0, 0.05) is 0 Å². The SMILES string of the molecule is Cc1cc(S(=O)(=O)c2ccc(OCc3ccc(C(F)(F)F)cc3)c(C)c2)ccc1OCC(=O)O. The van der Waals surface area contributed by atoms with Crippen molar-refractivity contribution < 1.29 is 41.0 Å². The first kappa shape index (κ1) is 25.1. The quantitative estimate of drug-likeness (QED) is 0.463. The Morgan fingerprint density at radius 1 is 0.853 bits per heavy atom. The standard InChI is InChI=1S/C24H21F3O6S/c1-15-11-19(34(30,31)20-8-10-22(16(2)12-20)33-14-23(28)29)7-9-21(15)32-13-17-3-5-18(6-4-17)24(25,26)27/h3-12H,13-14H2,1-2H3,(H,28,29). The normalized spacial score (nSPS) is 11.8. The lowest BCUT2D eigenvalue weighted by Crippen LogP contribution is -2.10. The molecule has 0 spiro atoms. The molecule has 34 heavy (non-hydrogen) atoms. The summed E-state index contributed by atoms with van der Waals surface area (Å²) in [5, 5.41) is 8.72. The van der Waals surface area contributed by atoms with Crippen molar-refractivity contribution in [3.05, 3.63) is 82.9 Å². The predicted octanol–water partition coefficient (Wildman–Crippen LogP) is 5.20. The molecule has 6 nitrogen and oxygen atoms in total. The van der Waals surface area contributed by atoms with E-state index in [4.69, 9.17) is 14.6 Å². The topological polar surface area (TPSA) is 89.9 Å². The molecular formula is C24H21F3O6S. The van der Waals surface area contributed by atoms with E-state index in [0.717, 1.165) is 12.1 Å². The fourth-order valence-corrected chi connectivity index (χ4v) is 4.56. The summed E-state index contributed by atoms with van der Waals surface area (Å²) in [6, 6.07) is 13.1. The molecule has 3 aromatic rings. The number of hydrogen-bond acceptors (Lipinski definition) is 5. The number of carbonyl (C=O) groups is 1. The fourth-order valence-electron chi connectivity index (χ4n) is 3.13. The zero-order valence-electron chi connectivity index (χ0n) is 18.2. The molecule has 0 aliphatic rings. The van der Waals surface area contributed by atoms with Crippen LogP contribution in [0.25, 0.3) is 0 Å². The van der Waals surface area contributed by atoms with E-state index in [1.165, 1.54) is 48.5 Å². The Balaban J connectivity index is 1.74. The van der Waals surface area contributed by atoms with Crippen LogP contribution in [0.4, 0.5) is 13.2 Å². The lowest BCUT2D eigenvalue weighted by molar-refractivity contribution is -0.139. The second kappa shape index (κ2) is 9.76. The molecule has 0 aliphatic carbocycles. The highest BCUT2D eigenvalue weighted by molar-refractivity contribution is 7.91. The highest BCUT2D eigenvalue weighted by Gasteiger charge is 2.30. The van der Waals surface area contributed by atoms with Crippen LogP contribution in [0, 0.1) is 13.8 Å². The number of sulfone groups is 1. The van der Waals surface area contributed by atoms with Crippen LogP contribution in [0.3, 0.4) is 0 Å². The predicted molar refractivity (Wildman–Crippen MR) is 117 cm³/mol. The summed E-state index contributed by atoms with van der Waals surface area (Å²) < 4.78 is 74.9. The number of carboxylic acids is 1. The van der Waals surface area contributed by atoms with E-state index in [1.807, 2.05) is 0 Å². The van der Waals surface area contributed by atoms with Crippen molar-refractivity contribution in [2.45, 2.75) is 36.4 Å². The number of alkyl halides is 3. The molecule has 0 radical (unpaired) electrons. The van der Waals surface area contributed by atoms with Gasteiger partial charge >= 0.3 is 12.1 Å². The molecule has 10 heteroatoms. The molecule has 0 saturated carbocycles.